The first-order chi connectivity index (χ1) is 7.68. The molecular formula is C12H15NO3. The van der Waals surface area contributed by atoms with Crippen LogP contribution >= 0.6 is 0 Å². The van der Waals surface area contributed by atoms with Gasteiger partial charge >= 0.3 is 5.97 Å². The lowest BCUT2D eigenvalue weighted by atomic mass is 9.86. The van der Waals surface area contributed by atoms with E-state index in [4.69, 9.17) is 5.11 Å². The molecule has 1 aromatic carbocycles. The Bertz CT molecular complexity index is 392. The first-order valence-electron chi connectivity index (χ1n) is 5.43. The van der Waals surface area contributed by atoms with Gasteiger partial charge in [0, 0.05) is 6.04 Å². The Morgan fingerprint density at radius 1 is 1.44 bits per heavy atom. The van der Waals surface area contributed by atoms with E-state index in [0.717, 1.165) is 18.5 Å². The average molecular weight is 221 g/mol. The molecule has 0 amide bonds. The van der Waals surface area contributed by atoms with Crippen molar-refractivity contribution in [3.8, 4) is 5.75 Å². The normalized spacial score (nSPS) is 25.2. The molecule has 1 fully saturated rings. The maximum atomic E-state index is 11.1. The van der Waals surface area contributed by atoms with E-state index in [1.165, 1.54) is 0 Å². The van der Waals surface area contributed by atoms with Crippen LogP contribution in [0.15, 0.2) is 24.3 Å². The summed E-state index contributed by atoms with van der Waals surface area (Å²) in [6.07, 6.45) is 1.56. The molecule has 86 valence electrons. The number of rotatable bonds is 2. The zero-order valence-corrected chi connectivity index (χ0v) is 8.89. The molecule has 0 spiro atoms. The van der Waals surface area contributed by atoms with Crippen molar-refractivity contribution in [2.75, 3.05) is 6.54 Å². The molecule has 2 atom stereocenters. The molecule has 0 aromatic heterocycles. The number of nitrogens with one attached hydrogen (secondary N) is 1. The van der Waals surface area contributed by atoms with Crippen molar-refractivity contribution in [2.45, 2.75) is 18.9 Å². The van der Waals surface area contributed by atoms with E-state index < -0.39 is 11.9 Å². The van der Waals surface area contributed by atoms with E-state index in [1.807, 2.05) is 6.07 Å². The predicted octanol–water partition coefficient (Wildman–Crippen LogP) is 1.52. The summed E-state index contributed by atoms with van der Waals surface area (Å²) in [6.45, 7) is 0.824. The monoisotopic (exact) mass is 221 g/mol. The number of carboxylic acid groups (broad SMARTS) is 1. The van der Waals surface area contributed by atoms with Crippen molar-refractivity contribution in [3.63, 3.8) is 0 Å². The number of hydrogen-bond acceptors (Lipinski definition) is 3. The number of benzene rings is 1. The van der Waals surface area contributed by atoms with Gasteiger partial charge in [-0.15, -0.1) is 0 Å². The van der Waals surface area contributed by atoms with E-state index in [1.54, 1.807) is 18.2 Å². The Hall–Kier alpha value is -1.55. The minimum Gasteiger partial charge on any atom is -0.508 e. The Morgan fingerprint density at radius 2 is 2.25 bits per heavy atom. The number of phenolic OH excluding ortho intramolecular Hbond substituents is 1. The van der Waals surface area contributed by atoms with Crippen molar-refractivity contribution in [2.24, 2.45) is 5.92 Å². The highest BCUT2D eigenvalue weighted by molar-refractivity contribution is 5.71. The fourth-order valence-corrected chi connectivity index (χ4v) is 2.22. The third-order valence-corrected chi connectivity index (χ3v) is 3.01. The molecule has 1 heterocycles. The van der Waals surface area contributed by atoms with Crippen molar-refractivity contribution < 1.29 is 15.0 Å². The largest absolute Gasteiger partial charge is 0.508 e. The SMILES string of the molecule is O=C(O)[C@H]1CCCN[C@@H]1c1cccc(O)c1. The summed E-state index contributed by atoms with van der Waals surface area (Å²) in [4.78, 5) is 11.1. The predicted molar refractivity (Wildman–Crippen MR) is 59.2 cm³/mol. The minimum absolute atomic E-state index is 0.175. The van der Waals surface area contributed by atoms with Crippen LogP contribution in [0.2, 0.25) is 0 Å². The van der Waals surface area contributed by atoms with Crippen LogP contribution in [0.25, 0.3) is 0 Å². The van der Waals surface area contributed by atoms with Gasteiger partial charge in [-0.2, -0.15) is 0 Å². The molecule has 0 bridgehead atoms. The molecule has 0 saturated carbocycles. The standard InChI is InChI=1S/C12H15NO3/c14-9-4-1-3-8(7-9)11-10(12(15)16)5-2-6-13-11/h1,3-4,7,10-11,13-14H,2,5-6H2,(H,15,16)/t10-,11+/m0/s1. The summed E-state index contributed by atoms with van der Waals surface area (Å²) in [5, 5.41) is 21.7. The molecule has 1 aromatic rings. The van der Waals surface area contributed by atoms with E-state index in [-0.39, 0.29) is 11.8 Å². The third-order valence-electron chi connectivity index (χ3n) is 3.01. The fraction of sp³-hybridized carbons (Fsp3) is 0.417. The number of phenols is 1. The molecule has 4 heteroatoms. The molecule has 0 aliphatic carbocycles. The van der Waals surface area contributed by atoms with Gasteiger partial charge in [0.05, 0.1) is 5.92 Å². The molecule has 1 aliphatic rings. The summed E-state index contributed by atoms with van der Waals surface area (Å²) in [6, 6.07) is 6.60. The van der Waals surface area contributed by atoms with Crippen LogP contribution in [0.5, 0.6) is 5.75 Å². The highest BCUT2D eigenvalue weighted by atomic mass is 16.4. The highest BCUT2D eigenvalue weighted by Gasteiger charge is 2.31. The molecule has 2 rings (SSSR count). The molecule has 16 heavy (non-hydrogen) atoms. The summed E-state index contributed by atoms with van der Waals surface area (Å²) >= 11 is 0. The second-order valence-electron chi connectivity index (χ2n) is 4.11. The van der Waals surface area contributed by atoms with Gasteiger partial charge < -0.3 is 15.5 Å². The first-order valence-corrected chi connectivity index (χ1v) is 5.43. The van der Waals surface area contributed by atoms with Crippen LogP contribution in [-0.2, 0) is 4.79 Å². The summed E-state index contributed by atoms with van der Waals surface area (Å²) in [7, 11) is 0. The zero-order chi connectivity index (χ0) is 11.5. The van der Waals surface area contributed by atoms with Gasteiger partial charge in [0.1, 0.15) is 5.75 Å². The van der Waals surface area contributed by atoms with Crippen molar-refractivity contribution in [1.82, 2.24) is 5.32 Å². The van der Waals surface area contributed by atoms with E-state index in [0.29, 0.717) is 6.42 Å². The molecule has 1 saturated heterocycles. The first kappa shape index (κ1) is 11.0. The second-order valence-corrected chi connectivity index (χ2v) is 4.11. The Morgan fingerprint density at radius 3 is 2.94 bits per heavy atom. The number of carbonyl (C=O) groups is 1. The van der Waals surface area contributed by atoms with Gasteiger partial charge in [-0.3, -0.25) is 4.79 Å². The summed E-state index contributed by atoms with van der Waals surface area (Å²) in [5.41, 5.74) is 0.840. The smallest absolute Gasteiger partial charge is 0.308 e. The summed E-state index contributed by atoms with van der Waals surface area (Å²) in [5.74, 6) is -1.01. The van der Waals surface area contributed by atoms with E-state index in [2.05, 4.69) is 5.32 Å². The molecule has 3 N–H and O–H groups in total. The quantitative estimate of drug-likeness (QED) is 0.708. The fourth-order valence-electron chi connectivity index (χ4n) is 2.22. The van der Waals surface area contributed by atoms with Gasteiger partial charge in [-0.05, 0) is 37.1 Å². The van der Waals surface area contributed by atoms with Crippen LogP contribution < -0.4 is 5.32 Å². The van der Waals surface area contributed by atoms with Crippen LogP contribution in [0.3, 0.4) is 0 Å². The lowest BCUT2D eigenvalue weighted by Crippen LogP contribution is -2.38. The minimum atomic E-state index is -0.777. The number of aliphatic carboxylic acids is 1. The lowest BCUT2D eigenvalue weighted by molar-refractivity contribution is -0.143. The van der Waals surface area contributed by atoms with Crippen molar-refractivity contribution in [3.05, 3.63) is 29.8 Å². The molecule has 4 nitrogen and oxygen atoms in total. The van der Waals surface area contributed by atoms with Crippen LogP contribution in [-0.4, -0.2) is 22.7 Å². The third kappa shape index (κ3) is 2.17. The van der Waals surface area contributed by atoms with Gasteiger partial charge in [-0.1, -0.05) is 12.1 Å². The number of carboxylic acids is 1. The maximum Gasteiger partial charge on any atom is 0.308 e. The van der Waals surface area contributed by atoms with Crippen LogP contribution in [0.1, 0.15) is 24.4 Å². The molecule has 0 radical (unpaired) electrons. The maximum absolute atomic E-state index is 11.1. The lowest BCUT2D eigenvalue weighted by Gasteiger charge is -2.30. The Kier molecular flexibility index (Phi) is 3.10. The van der Waals surface area contributed by atoms with Crippen molar-refractivity contribution >= 4 is 5.97 Å². The zero-order valence-electron chi connectivity index (χ0n) is 8.89. The van der Waals surface area contributed by atoms with Crippen LogP contribution in [0, 0.1) is 5.92 Å². The second kappa shape index (κ2) is 4.53. The van der Waals surface area contributed by atoms with E-state index in [9.17, 15) is 9.90 Å². The molecule has 1 aliphatic heterocycles. The Labute approximate surface area is 93.9 Å². The number of piperidine rings is 1. The molecular weight excluding hydrogens is 206 g/mol. The average Bonchev–Trinajstić information content (AvgIpc) is 2.29. The van der Waals surface area contributed by atoms with Crippen LogP contribution in [0.4, 0.5) is 0 Å². The van der Waals surface area contributed by atoms with E-state index >= 15 is 0 Å². The van der Waals surface area contributed by atoms with Crippen molar-refractivity contribution in [1.29, 1.82) is 0 Å². The van der Waals surface area contributed by atoms with Gasteiger partial charge in [0.25, 0.3) is 0 Å². The van der Waals surface area contributed by atoms with Gasteiger partial charge in [0.2, 0.25) is 0 Å². The summed E-state index contributed by atoms with van der Waals surface area (Å²) < 4.78 is 0. The Balaban J connectivity index is 2.26. The number of hydrogen-bond donors (Lipinski definition) is 3. The van der Waals surface area contributed by atoms with Gasteiger partial charge in [-0.25, -0.2) is 0 Å². The molecule has 0 unspecified atom stereocenters. The number of aromatic hydroxyl groups is 1. The topological polar surface area (TPSA) is 69.6 Å². The van der Waals surface area contributed by atoms with Gasteiger partial charge in [0.15, 0.2) is 0 Å². The highest BCUT2D eigenvalue weighted by Crippen LogP contribution is 2.30.